The summed E-state index contributed by atoms with van der Waals surface area (Å²) in [5.74, 6) is -2.63. The third-order valence-electron chi connectivity index (χ3n) is 4.49. The highest BCUT2D eigenvalue weighted by atomic mass is 16.7. The maximum Gasteiger partial charge on any atom is 0.221 e. The SMILES string of the molecule is CC(=O)N[C@H]1C(O)O[C@H](CO[C@]2(CO)O[C@H](CO)[C@@H](O)[C@@H]2O)[C@@H](O)[C@@H]1O. The monoisotopic (exact) mass is 383 g/mol. The number of hydrogen-bond donors (Lipinski definition) is 8. The summed E-state index contributed by atoms with van der Waals surface area (Å²) in [6, 6.07) is -1.26. The normalized spacial score (nSPS) is 46.3. The van der Waals surface area contributed by atoms with Gasteiger partial charge in [-0.1, -0.05) is 0 Å². The molecule has 26 heavy (non-hydrogen) atoms. The quantitative estimate of drug-likeness (QED) is 0.218. The van der Waals surface area contributed by atoms with E-state index >= 15 is 0 Å². The molecule has 152 valence electrons. The first kappa shape index (κ1) is 21.4. The maximum atomic E-state index is 11.1. The highest BCUT2D eigenvalue weighted by Gasteiger charge is 2.56. The van der Waals surface area contributed by atoms with Crippen molar-refractivity contribution in [1.82, 2.24) is 5.32 Å². The second kappa shape index (κ2) is 8.39. The third-order valence-corrected chi connectivity index (χ3v) is 4.49. The van der Waals surface area contributed by atoms with Gasteiger partial charge < -0.3 is 55.3 Å². The molecule has 0 aromatic rings. The predicted molar refractivity (Wildman–Crippen MR) is 80.2 cm³/mol. The van der Waals surface area contributed by atoms with Crippen LogP contribution in [-0.2, 0) is 19.0 Å². The number of hydrogen-bond acceptors (Lipinski definition) is 11. The standard InChI is InChI=1S/C14H25NO11/c1-5(18)15-8-11(21)9(19)7(25-13(8)23)3-24-14(4-17)12(22)10(20)6(2-16)26-14/h6-13,16-17,19-23H,2-4H2,1H3,(H,15,18)/t6-,7-,8-,9-,10-,11-,12+,13?,14-/m1/s1. The van der Waals surface area contributed by atoms with E-state index in [0.29, 0.717) is 0 Å². The van der Waals surface area contributed by atoms with Gasteiger partial charge in [-0.2, -0.15) is 0 Å². The molecule has 0 radical (unpaired) electrons. The number of aliphatic hydroxyl groups is 7. The average molecular weight is 383 g/mol. The van der Waals surface area contributed by atoms with E-state index < -0.39 is 80.5 Å². The van der Waals surface area contributed by atoms with Gasteiger partial charge in [0.15, 0.2) is 6.29 Å². The Hall–Kier alpha value is -0.930. The fraction of sp³-hybridized carbons (Fsp3) is 0.929. The van der Waals surface area contributed by atoms with Crippen LogP contribution in [0, 0.1) is 0 Å². The molecule has 1 unspecified atom stereocenters. The van der Waals surface area contributed by atoms with Gasteiger partial charge in [0, 0.05) is 6.92 Å². The summed E-state index contributed by atoms with van der Waals surface area (Å²) in [7, 11) is 0. The molecule has 1 amide bonds. The zero-order chi connectivity index (χ0) is 19.6. The molecule has 0 spiro atoms. The lowest BCUT2D eigenvalue weighted by molar-refractivity contribution is -0.309. The van der Waals surface area contributed by atoms with Crippen LogP contribution in [0.5, 0.6) is 0 Å². The number of ether oxygens (including phenoxy) is 3. The fourth-order valence-corrected chi connectivity index (χ4v) is 3.00. The fourth-order valence-electron chi connectivity index (χ4n) is 3.00. The van der Waals surface area contributed by atoms with Crippen LogP contribution in [0.25, 0.3) is 0 Å². The van der Waals surface area contributed by atoms with Gasteiger partial charge in [0.2, 0.25) is 11.7 Å². The van der Waals surface area contributed by atoms with Crippen molar-refractivity contribution in [3.8, 4) is 0 Å². The number of nitrogens with one attached hydrogen (secondary N) is 1. The zero-order valence-corrected chi connectivity index (χ0v) is 14.0. The number of amides is 1. The minimum atomic E-state index is -2.08. The molecular formula is C14H25NO11. The van der Waals surface area contributed by atoms with Crippen molar-refractivity contribution in [2.24, 2.45) is 0 Å². The Kier molecular flexibility index (Phi) is 6.90. The second-order valence-electron chi connectivity index (χ2n) is 6.33. The first-order valence-corrected chi connectivity index (χ1v) is 8.03. The van der Waals surface area contributed by atoms with E-state index in [1.165, 1.54) is 0 Å². The van der Waals surface area contributed by atoms with Crippen LogP contribution in [0.2, 0.25) is 0 Å². The van der Waals surface area contributed by atoms with Gasteiger partial charge >= 0.3 is 0 Å². The molecule has 0 saturated carbocycles. The highest BCUT2D eigenvalue weighted by Crippen LogP contribution is 2.33. The van der Waals surface area contributed by atoms with Crippen LogP contribution < -0.4 is 5.32 Å². The van der Waals surface area contributed by atoms with Gasteiger partial charge in [0.25, 0.3) is 0 Å². The van der Waals surface area contributed by atoms with Crippen molar-refractivity contribution in [2.45, 2.75) is 61.7 Å². The smallest absolute Gasteiger partial charge is 0.221 e. The average Bonchev–Trinajstić information content (AvgIpc) is 2.85. The lowest BCUT2D eigenvalue weighted by Crippen LogP contribution is -2.64. The van der Waals surface area contributed by atoms with Crippen LogP contribution in [0.4, 0.5) is 0 Å². The molecule has 2 saturated heterocycles. The number of aliphatic hydroxyl groups excluding tert-OH is 7. The van der Waals surface area contributed by atoms with E-state index in [-0.39, 0.29) is 0 Å². The molecule has 12 heteroatoms. The van der Waals surface area contributed by atoms with Crippen molar-refractivity contribution >= 4 is 5.91 Å². The van der Waals surface area contributed by atoms with Crippen LogP contribution in [-0.4, -0.2) is 116 Å². The highest BCUT2D eigenvalue weighted by molar-refractivity contribution is 5.73. The molecule has 2 heterocycles. The van der Waals surface area contributed by atoms with Crippen LogP contribution in [0.3, 0.4) is 0 Å². The summed E-state index contributed by atoms with van der Waals surface area (Å²) in [5.41, 5.74) is 0. The topological polar surface area (TPSA) is 198 Å². The summed E-state index contributed by atoms with van der Waals surface area (Å²) < 4.78 is 15.6. The number of carbonyl (C=O) groups is 1. The molecule has 9 atom stereocenters. The molecule has 8 N–H and O–H groups in total. The van der Waals surface area contributed by atoms with Crippen LogP contribution in [0.1, 0.15) is 6.92 Å². The van der Waals surface area contributed by atoms with Gasteiger partial charge in [-0.15, -0.1) is 0 Å². The lowest BCUT2D eigenvalue weighted by Gasteiger charge is -2.41. The first-order chi connectivity index (χ1) is 12.2. The van der Waals surface area contributed by atoms with Gasteiger partial charge in [0.05, 0.1) is 13.2 Å². The van der Waals surface area contributed by atoms with E-state index in [4.69, 9.17) is 19.3 Å². The molecule has 2 fully saturated rings. The molecular weight excluding hydrogens is 358 g/mol. The van der Waals surface area contributed by atoms with E-state index in [0.717, 1.165) is 6.92 Å². The van der Waals surface area contributed by atoms with Gasteiger partial charge in [0.1, 0.15) is 49.3 Å². The van der Waals surface area contributed by atoms with Gasteiger partial charge in [-0.3, -0.25) is 4.79 Å². The zero-order valence-electron chi connectivity index (χ0n) is 14.0. The third kappa shape index (κ3) is 3.99. The molecule has 2 aliphatic rings. The predicted octanol–water partition coefficient (Wildman–Crippen LogP) is -5.25. The molecule has 0 aromatic heterocycles. The molecule has 0 aliphatic carbocycles. The molecule has 0 bridgehead atoms. The molecule has 0 aromatic carbocycles. The first-order valence-electron chi connectivity index (χ1n) is 8.03. The number of carbonyl (C=O) groups excluding carboxylic acids is 1. The lowest BCUT2D eigenvalue weighted by atomic mass is 9.97. The van der Waals surface area contributed by atoms with Crippen molar-refractivity contribution in [3.63, 3.8) is 0 Å². The van der Waals surface area contributed by atoms with E-state index in [1.807, 2.05) is 0 Å². The van der Waals surface area contributed by atoms with Gasteiger partial charge in [-0.25, -0.2) is 0 Å². The largest absolute Gasteiger partial charge is 0.394 e. The summed E-state index contributed by atoms with van der Waals surface area (Å²) in [6.45, 7) is -0.913. The Morgan fingerprint density at radius 1 is 1.08 bits per heavy atom. The Bertz CT molecular complexity index is 494. The van der Waals surface area contributed by atoms with E-state index in [9.17, 15) is 35.4 Å². The molecule has 12 nitrogen and oxygen atoms in total. The van der Waals surface area contributed by atoms with Crippen LogP contribution in [0.15, 0.2) is 0 Å². The van der Waals surface area contributed by atoms with E-state index in [2.05, 4.69) is 5.32 Å². The second-order valence-corrected chi connectivity index (χ2v) is 6.33. The molecule has 2 aliphatic heterocycles. The van der Waals surface area contributed by atoms with Gasteiger partial charge in [-0.05, 0) is 0 Å². The minimum absolute atomic E-state index is 0.551. The summed E-state index contributed by atoms with van der Waals surface area (Å²) in [6.07, 6.45) is -10.5. The van der Waals surface area contributed by atoms with Crippen molar-refractivity contribution in [3.05, 3.63) is 0 Å². The van der Waals surface area contributed by atoms with Crippen molar-refractivity contribution < 1.29 is 54.8 Å². The summed E-state index contributed by atoms with van der Waals surface area (Å²) in [4.78, 5) is 11.1. The van der Waals surface area contributed by atoms with Crippen LogP contribution >= 0.6 is 0 Å². The van der Waals surface area contributed by atoms with E-state index in [1.54, 1.807) is 0 Å². The Balaban J connectivity index is 2.03. The minimum Gasteiger partial charge on any atom is -0.394 e. The maximum absolute atomic E-state index is 11.1. The molecule has 2 rings (SSSR count). The van der Waals surface area contributed by atoms with Crippen molar-refractivity contribution in [2.75, 3.05) is 19.8 Å². The Morgan fingerprint density at radius 2 is 1.73 bits per heavy atom. The van der Waals surface area contributed by atoms with Crippen molar-refractivity contribution in [1.29, 1.82) is 0 Å². The summed E-state index contributed by atoms with van der Waals surface area (Å²) in [5, 5.41) is 70.7. The summed E-state index contributed by atoms with van der Waals surface area (Å²) >= 11 is 0. The number of rotatable bonds is 6. The Labute approximate surface area is 148 Å². The Morgan fingerprint density at radius 3 is 2.23 bits per heavy atom.